The number of alkyl halides is 3. The summed E-state index contributed by atoms with van der Waals surface area (Å²) in [6.45, 7) is 1.75. The number of hydrogen-bond acceptors (Lipinski definition) is 3. The second kappa shape index (κ2) is 7.88. The van der Waals surface area contributed by atoms with E-state index >= 15 is 0 Å². The largest absolute Gasteiger partial charge is 0.484 e. The summed E-state index contributed by atoms with van der Waals surface area (Å²) >= 11 is 0. The molecule has 124 valence electrons. The van der Waals surface area contributed by atoms with E-state index in [1.54, 1.807) is 26.0 Å². The Morgan fingerprint density at radius 1 is 1.41 bits per heavy atom. The van der Waals surface area contributed by atoms with E-state index in [0.29, 0.717) is 5.56 Å². The molecule has 1 aromatic rings. The van der Waals surface area contributed by atoms with E-state index in [1.165, 1.54) is 6.07 Å². The Bertz CT molecular complexity index is 507. The molecule has 0 aliphatic rings. The molecule has 5 nitrogen and oxygen atoms in total. The molecular formula is C14H19F3N2O3. The van der Waals surface area contributed by atoms with Gasteiger partial charge in [-0.1, -0.05) is 12.1 Å². The predicted molar refractivity (Wildman–Crippen MR) is 74.6 cm³/mol. The molecule has 0 saturated carbocycles. The second-order valence-corrected chi connectivity index (χ2v) is 4.93. The number of amides is 2. The van der Waals surface area contributed by atoms with Gasteiger partial charge >= 0.3 is 12.2 Å². The molecule has 2 amide bonds. The van der Waals surface area contributed by atoms with Gasteiger partial charge in [0, 0.05) is 12.1 Å². The third-order valence-corrected chi connectivity index (χ3v) is 2.70. The lowest BCUT2D eigenvalue weighted by Crippen LogP contribution is -2.42. The zero-order valence-electron chi connectivity index (χ0n) is 12.3. The maximum atomic E-state index is 12.2. The number of benzene rings is 1. The number of aryl methyl sites for hydroxylation is 1. The zero-order valence-corrected chi connectivity index (χ0v) is 12.3. The van der Waals surface area contributed by atoms with Crippen LogP contribution in [0.15, 0.2) is 18.2 Å². The van der Waals surface area contributed by atoms with Crippen molar-refractivity contribution in [1.82, 2.24) is 10.6 Å². The Labute approximate surface area is 126 Å². The molecule has 1 unspecified atom stereocenters. The van der Waals surface area contributed by atoms with Crippen LogP contribution in [-0.2, 0) is 6.54 Å². The lowest BCUT2D eigenvalue weighted by atomic mass is 10.1. The number of hydrogen-bond donors (Lipinski definition) is 3. The summed E-state index contributed by atoms with van der Waals surface area (Å²) in [6.07, 6.45) is -4.43. The second-order valence-electron chi connectivity index (χ2n) is 4.93. The van der Waals surface area contributed by atoms with Gasteiger partial charge in [-0.15, -0.1) is 0 Å². The summed E-state index contributed by atoms with van der Waals surface area (Å²) in [5, 5.41) is 13.8. The number of aliphatic hydroxyl groups is 1. The quantitative estimate of drug-likeness (QED) is 0.752. The van der Waals surface area contributed by atoms with Crippen LogP contribution in [0.25, 0.3) is 0 Å². The molecule has 0 aliphatic heterocycles. The van der Waals surface area contributed by atoms with E-state index in [-0.39, 0.29) is 18.9 Å². The van der Waals surface area contributed by atoms with Gasteiger partial charge in [-0.2, -0.15) is 13.2 Å². The molecule has 0 saturated heterocycles. The molecule has 3 N–H and O–H groups in total. The highest BCUT2D eigenvalue weighted by atomic mass is 19.4. The molecule has 0 fully saturated rings. The topological polar surface area (TPSA) is 70.6 Å². The molecule has 0 heterocycles. The number of ether oxygens (including phenoxy) is 1. The van der Waals surface area contributed by atoms with Crippen molar-refractivity contribution in [3.05, 3.63) is 29.3 Å². The zero-order chi connectivity index (χ0) is 16.8. The van der Waals surface area contributed by atoms with E-state index in [1.807, 2.05) is 0 Å². The molecule has 0 radical (unpaired) electrons. The average Bonchev–Trinajstić information content (AvgIpc) is 2.43. The van der Waals surface area contributed by atoms with E-state index in [0.717, 1.165) is 5.56 Å². The number of carbonyl (C=O) groups is 1. The van der Waals surface area contributed by atoms with Crippen molar-refractivity contribution in [1.29, 1.82) is 0 Å². The highest BCUT2D eigenvalue weighted by molar-refractivity contribution is 5.74. The van der Waals surface area contributed by atoms with Crippen LogP contribution in [0, 0.1) is 6.92 Å². The molecule has 8 heteroatoms. The minimum atomic E-state index is -4.43. The number of carbonyl (C=O) groups excluding carboxylic acids is 1. The fourth-order valence-corrected chi connectivity index (χ4v) is 1.60. The standard InChI is InChI=1S/C14H19F3N2O3/c1-9-3-4-11(6-18-13(21)19-10(2)7-20)12(5-9)22-8-14(15,16)17/h3-5,10,20H,6-8H2,1-2H3,(H2,18,19,21). The molecule has 1 aromatic carbocycles. The summed E-state index contributed by atoms with van der Waals surface area (Å²) in [7, 11) is 0. The summed E-state index contributed by atoms with van der Waals surface area (Å²) < 4.78 is 41.5. The molecule has 22 heavy (non-hydrogen) atoms. The molecular weight excluding hydrogens is 301 g/mol. The smallest absolute Gasteiger partial charge is 0.422 e. The van der Waals surface area contributed by atoms with Crippen LogP contribution in [0.1, 0.15) is 18.1 Å². The number of rotatable bonds is 6. The van der Waals surface area contributed by atoms with E-state index in [4.69, 9.17) is 9.84 Å². The molecule has 1 rings (SSSR count). The highest BCUT2D eigenvalue weighted by Gasteiger charge is 2.28. The minimum absolute atomic E-state index is 0.0114. The molecule has 0 aliphatic carbocycles. The first-order valence-electron chi connectivity index (χ1n) is 6.65. The maximum Gasteiger partial charge on any atom is 0.422 e. The minimum Gasteiger partial charge on any atom is -0.484 e. The van der Waals surface area contributed by atoms with Gasteiger partial charge in [-0.05, 0) is 25.5 Å². The van der Waals surface area contributed by atoms with Gasteiger partial charge in [0.15, 0.2) is 6.61 Å². The van der Waals surface area contributed by atoms with Gasteiger partial charge < -0.3 is 20.5 Å². The first-order chi connectivity index (χ1) is 10.2. The first kappa shape index (κ1) is 18.1. The Morgan fingerprint density at radius 2 is 2.09 bits per heavy atom. The molecule has 0 aromatic heterocycles. The summed E-state index contributed by atoms with van der Waals surface area (Å²) in [4.78, 5) is 11.5. The van der Waals surface area contributed by atoms with Crippen LogP contribution in [0.2, 0.25) is 0 Å². The van der Waals surface area contributed by atoms with E-state index in [2.05, 4.69) is 10.6 Å². The Kier molecular flexibility index (Phi) is 6.48. The third-order valence-electron chi connectivity index (χ3n) is 2.70. The van der Waals surface area contributed by atoms with Gasteiger partial charge in [0.25, 0.3) is 0 Å². The van der Waals surface area contributed by atoms with Gasteiger partial charge in [0.1, 0.15) is 5.75 Å². The monoisotopic (exact) mass is 320 g/mol. The van der Waals surface area contributed by atoms with Crippen LogP contribution in [-0.4, -0.2) is 36.6 Å². The summed E-state index contributed by atoms with van der Waals surface area (Å²) in [5.74, 6) is 0.0767. The Morgan fingerprint density at radius 3 is 2.68 bits per heavy atom. The van der Waals surface area contributed by atoms with Gasteiger partial charge in [0.2, 0.25) is 0 Å². The average molecular weight is 320 g/mol. The van der Waals surface area contributed by atoms with E-state index in [9.17, 15) is 18.0 Å². The van der Waals surface area contributed by atoms with Crippen molar-refractivity contribution >= 4 is 6.03 Å². The number of halogens is 3. The lowest BCUT2D eigenvalue weighted by Gasteiger charge is -2.16. The summed E-state index contributed by atoms with van der Waals surface area (Å²) in [6, 6.07) is 3.85. The number of aliphatic hydroxyl groups excluding tert-OH is 1. The molecule has 0 spiro atoms. The van der Waals surface area contributed by atoms with Crippen molar-refractivity contribution in [2.75, 3.05) is 13.2 Å². The van der Waals surface area contributed by atoms with Crippen LogP contribution >= 0.6 is 0 Å². The van der Waals surface area contributed by atoms with Crippen molar-refractivity contribution < 1.29 is 27.8 Å². The van der Waals surface area contributed by atoms with Crippen LogP contribution in [0.3, 0.4) is 0 Å². The predicted octanol–water partition coefficient (Wildman–Crippen LogP) is 2.12. The Balaban J connectivity index is 2.67. The van der Waals surface area contributed by atoms with Crippen LogP contribution in [0.5, 0.6) is 5.75 Å². The van der Waals surface area contributed by atoms with Crippen LogP contribution in [0.4, 0.5) is 18.0 Å². The van der Waals surface area contributed by atoms with E-state index < -0.39 is 24.9 Å². The number of nitrogens with one attached hydrogen (secondary N) is 2. The van der Waals surface area contributed by atoms with Crippen molar-refractivity contribution in [2.45, 2.75) is 32.6 Å². The number of urea groups is 1. The van der Waals surface area contributed by atoms with Gasteiger partial charge in [-0.25, -0.2) is 4.79 Å². The fourth-order valence-electron chi connectivity index (χ4n) is 1.60. The maximum absolute atomic E-state index is 12.2. The molecule has 1 atom stereocenters. The normalized spacial score (nSPS) is 12.6. The van der Waals surface area contributed by atoms with Crippen molar-refractivity contribution in [3.63, 3.8) is 0 Å². The Hall–Kier alpha value is -1.96. The fraction of sp³-hybridized carbons (Fsp3) is 0.500. The van der Waals surface area contributed by atoms with Gasteiger partial charge in [-0.3, -0.25) is 0 Å². The first-order valence-corrected chi connectivity index (χ1v) is 6.65. The van der Waals surface area contributed by atoms with Crippen LogP contribution < -0.4 is 15.4 Å². The molecule has 0 bridgehead atoms. The van der Waals surface area contributed by atoms with Crippen molar-refractivity contribution in [2.24, 2.45) is 0 Å². The SMILES string of the molecule is Cc1ccc(CNC(=O)NC(C)CO)c(OCC(F)(F)F)c1. The van der Waals surface area contributed by atoms with Crippen molar-refractivity contribution in [3.8, 4) is 5.75 Å². The van der Waals surface area contributed by atoms with Gasteiger partial charge in [0.05, 0.1) is 12.6 Å². The highest BCUT2D eigenvalue weighted by Crippen LogP contribution is 2.23. The lowest BCUT2D eigenvalue weighted by molar-refractivity contribution is -0.153. The third kappa shape index (κ3) is 6.66. The summed E-state index contributed by atoms with van der Waals surface area (Å²) in [5.41, 5.74) is 1.18.